The lowest BCUT2D eigenvalue weighted by Crippen LogP contribution is -2.21. The van der Waals surface area contributed by atoms with Crippen LogP contribution in [-0.2, 0) is 23.1 Å². The minimum absolute atomic E-state index is 0.0208. The first-order valence-electron chi connectivity index (χ1n) is 13.8. The molecule has 0 atom stereocenters. The number of para-hydroxylation sites is 1. The number of carbonyl (C=O) groups excluding carboxylic acids is 1. The van der Waals surface area contributed by atoms with Crippen molar-refractivity contribution in [1.29, 1.82) is 0 Å². The van der Waals surface area contributed by atoms with Crippen LogP contribution in [0.25, 0.3) is 22.2 Å². The number of benzene rings is 2. The van der Waals surface area contributed by atoms with Crippen molar-refractivity contribution in [2.45, 2.75) is 69.4 Å². The summed E-state index contributed by atoms with van der Waals surface area (Å²) in [6.45, 7) is 0.214. The molecule has 6 rings (SSSR count). The molecular formula is C31H31F3N2O5. The van der Waals surface area contributed by atoms with Gasteiger partial charge in [-0.25, -0.2) is 4.79 Å². The second-order valence-electron chi connectivity index (χ2n) is 10.9. The third kappa shape index (κ3) is 5.70. The number of ether oxygens (including phenoxy) is 3. The highest BCUT2D eigenvalue weighted by Crippen LogP contribution is 2.46. The molecule has 0 unspecified atom stereocenters. The normalized spacial score (nSPS) is 19.4. The SMILES string of the molecule is COC(=O)c1cn(C)c2cc(C3CCC(OCc4c(-c5ccccc5OC(F)(F)F)noc4C4CC4)CC3)ccc12. The van der Waals surface area contributed by atoms with Gasteiger partial charge in [0.15, 0.2) is 0 Å². The Morgan fingerprint density at radius 1 is 1.05 bits per heavy atom. The highest BCUT2D eigenvalue weighted by molar-refractivity contribution is 6.04. The molecule has 2 aromatic carbocycles. The third-order valence-corrected chi connectivity index (χ3v) is 8.16. The number of hydrogen-bond donors (Lipinski definition) is 0. The lowest BCUT2D eigenvalue weighted by Gasteiger charge is -2.29. The zero-order valence-electron chi connectivity index (χ0n) is 22.9. The number of carbonyl (C=O) groups is 1. The van der Waals surface area contributed by atoms with E-state index in [1.54, 1.807) is 18.3 Å². The van der Waals surface area contributed by atoms with Gasteiger partial charge in [-0.2, -0.15) is 0 Å². The maximum absolute atomic E-state index is 13.1. The summed E-state index contributed by atoms with van der Waals surface area (Å²) in [6, 6.07) is 12.2. The number of aromatic nitrogens is 2. The molecule has 2 aliphatic carbocycles. The van der Waals surface area contributed by atoms with E-state index in [1.807, 2.05) is 17.7 Å². The smallest absolute Gasteiger partial charge is 0.465 e. The van der Waals surface area contributed by atoms with E-state index in [-0.39, 0.29) is 35.9 Å². The summed E-state index contributed by atoms with van der Waals surface area (Å²) < 4.78 is 62.3. The topological polar surface area (TPSA) is 75.7 Å². The molecule has 2 aliphatic rings. The van der Waals surface area contributed by atoms with Gasteiger partial charge in [0.25, 0.3) is 0 Å². The summed E-state index contributed by atoms with van der Waals surface area (Å²) in [7, 11) is 3.31. The van der Waals surface area contributed by atoms with Gasteiger partial charge in [0.2, 0.25) is 0 Å². The van der Waals surface area contributed by atoms with E-state index >= 15 is 0 Å². The van der Waals surface area contributed by atoms with Gasteiger partial charge in [0, 0.05) is 41.2 Å². The first kappa shape index (κ1) is 27.4. The number of esters is 1. The highest BCUT2D eigenvalue weighted by atomic mass is 19.4. The molecule has 2 fully saturated rings. The van der Waals surface area contributed by atoms with E-state index in [9.17, 15) is 18.0 Å². The maximum Gasteiger partial charge on any atom is 0.573 e. The number of alkyl halides is 3. The Bertz CT molecular complexity index is 1560. The average molecular weight is 569 g/mol. The van der Waals surface area contributed by atoms with Gasteiger partial charge >= 0.3 is 12.3 Å². The quantitative estimate of drug-likeness (QED) is 0.203. The van der Waals surface area contributed by atoms with Crippen LogP contribution in [0.4, 0.5) is 13.2 Å². The Morgan fingerprint density at radius 2 is 1.78 bits per heavy atom. The van der Waals surface area contributed by atoms with Crippen LogP contribution < -0.4 is 4.74 Å². The van der Waals surface area contributed by atoms with Gasteiger partial charge in [0.1, 0.15) is 17.2 Å². The minimum atomic E-state index is -4.82. The molecule has 216 valence electrons. The lowest BCUT2D eigenvalue weighted by molar-refractivity contribution is -0.274. The van der Waals surface area contributed by atoms with Crippen LogP contribution >= 0.6 is 0 Å². The molecule has 2 aromatic heterocycles. The number of hydrogen-bond acceptors (Lipinski definition) is 6. The monoisotopic (exact) mass is 568 g/mol. The van der Waals surface area contributed by atoms with Gasteiger partial charge in [-0.05, 0) is 68.2 Å². The van der Waals surface area contributed by atoms with Crippen molar-refractivity contribution < 1.29 is 36.7 Å². The van der Waals surface area contributed by atoms with Crippen molar-refractivity contribution in [3.05, 3.63) is 71.1 Å². The Hall–Kier alpha value is -3.79. The van der Waals surface area contributed by atoms with Gasteiger partial charge < -0.3 is 23.3 Å². The molecule has 0 radical (unpaired) electrons. The number of halogens is 3. The summed E-state index contributed by atoms with van der Waals surface area (Å²) in [5.74, 6) is 0.617. The zero-order chi connectivity index (χ0) is 28.7. The van der Waals surface area contributed by atoms with E-state index in [0.717, 1.165) is 49.4 Å². The van der Waals surface area contributed by atoms with Gasteiger partial charge in [-0.15, -0.1) is 13.2 Å². The summed E-state index contributed by atoms with van der Waals surface area (Å²) >= 11 is 0. The number of nitrogens with zero attached hydrogens (tertiary/aromatic N) is 2. The fourth-order valence-electron chi connectivity index (χ4n) is 5.91. The highest BCUT2D eigenvalue weighted by Gasteiger charge is 2.36. The summed E-state index contributed by atoms with van der Waals surface area (Å²) in [4.78, 5) is 12.1. The van der Waals surface area contributed by atoms with Crippen molar-refractivity contribution in [1.82, 2.24) is 9.72 Å². The standard InChI is InChI=1S/C31H31F3N2O5/c1-36-16-24(30(37)38-2)22-14-11-20(15-26(22)36)18-9-12-21(13-10-18)39-17-25-28(35-41-29(25)19-7-8-19)23-5-3-4-6-27(23)40-31(32,33)34/h3-6,11,14-16,18-19,21H,7-10,12-13,17H2,1-2H3. The Labute approximate surface area is 235 Å². The molecule has 7 nitrogen and oxygen atoms in total. The van der Waals surface area contributed by atoms with Crippen LogP contribution in [0.5, 0.6) is 5.75 Å². The predicted molar refractivity (Wildman–Crippen MR) is 145 cm³/mol. The molecule has 0 spiro atoms. The van der Waals surface area contributed by atoms with Crippen LogP contribution in [-0.4, -0.2) is 35.3 Å². The lowest BCUT2D eigenvalue weighted by atomic mass is 9.82. The second kappa shape index (κ2) is 10.9. The van der Waals surface area contributed by atoms with Crippen LogP contribution in [0, 0.1) is 0 Å². The molecule has 0 aliphatic heterocycles. The predicted octanol–water partition coefficient (Wildman–Crippen LogP) is 7.64. The fraction of sp³-hybridized carbons (Fsp3) is 0.419. The molecule has 0 N–H and O–H groups in total. The zero-order valence-corrected chi connectivity index (χ0v) is 22.9. The number of rotatable bonds is 8. The summed E-state index contributed by atoms with van der Waals surface area (Å²) in [5, 5.41) is 5.04. The third-order valence-electron chi connectivity index (χ3n) is 8.16. The first-order chi connectivity index (χ1) is 19.7. The van der Waals surface area contributed by atoms with E-state index in [4.69, 9.17) is 14.0 Å². The first-order valence-corrected chi connectivity index (χ1v) is 13.8. The van der Waals surface area contributed by atoms with Crippen LogP contribution in [0.1, 0.15) is 77.6 Å². The van der Waals surface area contributed by atoms with Crippen molar-refractivity contribution in [3.63, 3.8) is 0 Å². The minimum Gasteiger partial charge on any atom is -0.465 e. The Kier molecular flexibility index (Phi) is 7.27. The van der Waals surface area contributed by atoms with Crippen molar-refractivity contribution >= 4 is 16.9 Å². The fourth-order valence-corrected chi connectivity index (χ4v) is 5.91. The number of fused-ring (bicyclic) bond motifs is 1. The van der Waals surface area contributed by atoms with Crippen LogP contribution in [0.3, 0.4) is 0 Å². The van der Waals surface area contributed by atoms with E-state index < -0.39 is 6.36 Å². The summed E-state index contributed by atoms with van der Waals surface area (Å²) in [5.41, 5.74) is 4.04. The number of methoxy groups -OCH3 is 1. The molecule has 0 amide bonds. The van der Waals surface area contributed by atoms with Crippen molar-refractivity contribution in [3.8, 4) is 17.0 Å². The molecule has 4 aromatic rings. The van der Waals surface area contributed by atoms with E-state index in [1.165, 1.54) is 24.8 Å². The average Bonchev–Trinajstić information content (AvgIpc) is 3.64. The van der Waals surface area contributed by atoms with Crippen LogP contribution in [0.15, 0.2) is 53.2 Å². The maximum atomic E-state index is 13.1. The van der Waals surface area contributed by atoms with Gasteiger partial charge in [-0.3, -0.25) is 0 Å². The molecule has 41 heavy (non-hydrogen) atoms. The van der Waals surface area contributed by atoms with Gasteiger partial charge in [0.05, 0.1) is 25.4 Å². The molecular weight excluding hydrogens is 537 g/mol. The second-order valence-corrected chi connectivity index (χ2v) is 10.9. The van der Waals surface area contributed by atoms with Crippen molar-refractivity contribution in [2.24, 2.45) is 7.05 Å². The van der Waals surface area contributed by atoms with E-state index in [2.05, 4.69) is 22.0 Å². The van der Waals surface area contributed by atoms with Crippen LogP contribution in [0.2, 0.25) is 0 Å². The van der Waals surface area contributed by atoms with Crippen molar-refractivity contribution in [2.75, 3.05) is 7.11 Å². The Balaban J connectivity index is 1.15. The molecule has 10 heteroatoms. The Morgan fingerprint density at radius 3 is 2.49 bits per heavy atom. The molecule has 2 heterocycles. The molecule has 2 saturated carbocycles. The molecule has 0 saturated heterocycles. The summed E-state index contributed by atoms with van der Waals surface area (Å²) in [6.07, 6.45) is 2.52. The van der Waals surface area contributed by atoms with E-state index in [0.29, 0.717) is 28.5 Å². The largest absolute Gasteiger partial charge is 0.573 e. The van der Waals surface area contributed by atoms with Gasteiger partial charge in [-0.1, -0.05) is 29.4 Å². The molecule has 0 bridgehead atoms. The number of aryl methyl sites for hydroxylation is 1.